The van der Waals surface area contributed by atoms with Crippen molar-refractivity contribution in [1.29, 1.82) is 0 Å². The molecule has 3 aromatic rings. The summed E-state index contributed by atoms with van der Waals surface area (Å²) in [5.41, 5.74) is 4.01. The maximum absolute atomic E-state index is 13.5. The molecule has 0 N–H and O–H groups in total. The maximum Gasteiger partial charge on any atom is 0.269 e. The largest absolute Gasteiger partial charge is 0.294 e. The molecule has 2 heterocycles. The molecule has 6 heteroatoms. The van der Waals surface area contributed by atoms with E-state index in [0.29, 0.717) is 33.6 Å². The third kappa shape index (κ3) is 2.88. The van der Waals surface area contributed by atoms with Gasteiger partial charge in [-0.15, -0.1) is 0 Å². The van der Waals surface area contributed by atoms with Crippen molar-refractivity contribution in [3.63, 3.8) is 0 Å². The second-order valence-electron chi connectivity index (χ2n) is 7.51. The van der Waals surface area contributed by atoms with Crippen LogP contribution in [0, 0.1) is 20.8 Å². The van der Waals surface area contributed by atoms with E-state index >= 15 is 0 Å². The van der Waals surface area contributed by atoms with Gasteiger partial charge in [-0.2, -0.15) is 0 Å². The third-order valence-corrected chi connectivity index (χ3v) is 7.09. The molecular weight excluding hydrogens is 360 g/mol. The number of nitrogens with zero attached hydrogens (tertiary/aromatic N) is 2. The van der Waals surface area contributed by atoms with Crippen molar-refractivity contribution in [2.45, 2.75) is 51.3 Å². The van der Waals surface area contributed by atoms with Crippen LogP contribution in [-0.4, -0.2) is 23.2 Å². The Kier molecular flexibility index (Phi) is 4.00. The Bertz CT molecular complexity index is 1180. The number of aryl methyl sites for hydroxylation is 3. The van der Waals surface area contributed by atoms with Crippen LogP contribution in [-0.2, 0) is 10.0 Å². The van der Waals surface area contributed by atoms with Gasteiger partial charge in [-0.1, -0.05) is 17.7 Å². The van der Waals surface area contributed by atoms with Gasteiger partial charge in [0.15, 0.2) is 11.4 Å². The molecule has 1 aliphatic carbocycles. The van der Waals surface area contributed by atoms with Crippen LogP contribution in [0.15, 0.2) is 35.4 Å². The van der Waals surface area contributed by atoms with Crippen LogP contribution in [0.1, 0.15) is 58.4 Å². The first-order chi connectivity index (χ1) is 12.7. The Morgan fingerprint density at radius 3 is 2.30 bits per heavy atom. The van der Waals surface area contributed by atoms with Gasteiger partial charge in [0.1, 0.15) is 0 Å². The lowest BCUT2D eigenvalue weighted by molar-refractivity contribution is 0.101. The van der Waals surface area contributed by atoms with E-state index in [4.69, 9.17) is 0 Å². The van der Waals surface area contributed by atoms with Gasteiger partial charge in [0.05, 0.1) is 4.90 Å². The smallest absolute Gasteiger partial charge is 0.269 e. The molecule has 0 radical (unpaired) electrons. The average molecular weight is 382 g/mol. The van der Waals surface area contributed by atoms with Crippen molar-refractivity contribution in [1.82, 2.24) is 8.96 Å². The van der Waals surface area contributed by atoms with Crippen LogP contribution in [0.25, 0.3) is 11.0 Å². The van der Waals surface area contributed by atoms with Crippen LogP contribution in [0.4, 0.5) is 0 Å². The lowest BCUT2D eigenvalue weighted by Crippen LogP contribution is -2.16. The van der Waals surface area contributed by atoms with Gasteiger partial charge in [0, 0.05) is 28.8 Å². The molecule has 4 rings (SSSR count). The number of pyridine rings is 1. The summed E-state index contributed by atoms with van der Waals surface area (Å²) in [6.07, 6.45) is 3.56. The number of rotatable bonds is 4. The van der Waals surface area contributed by atoms with Crippen molar-refractivity contribution in [3.05, 3.63) is 58.4 Å². The van der Waals surface area contributed by atoms with Crippen LogP contribution in [0.5, 0.6) is 0 Å². The van der Waals surface area contributed by atoms with Gasteiger partial charge >= 0.3 is 0 Å². The fraction of sp³-hybridized carbons (Fsp3) is 0.333. The SMILES string of the molecule is CC(=O)c1cn(S(=O)(=O)c2c(C)cc(C)cc2C)c2nc(C3CC3)ccc12. The zero-order valence-corrected chi connectivity index (χ0v) is 16.7. The van der Waals surface area contributed by atoms with Gasteiger partial charge in [0.2, 0.25) is 0 Å². The van der Waals surface area contributed by atoms with E-state index < -0.39 is 10.0 Å². The highest BCUT2D eigenvalue weighted by molar-refractivity contribution is 7.90. The number of ketones is 1. The van der Waals surface area contributed by atoms with Gasteiger partial charge in [0.25, 0.3) is 10.0 Å². The fourth-order valence-electron chi connectivity index (χ4n) is 3.83. The summed E-state index contributed by atoms with van der Waals surface area (Å²) in [7, 11) is -3.88. The molecular formula is C21H22N2O3S. The average Bonchev–Trinajstić information content (AvgIpc) is 3.32. The minimum Gasteiger partial charge on any atom is -0.294 e. The summed E-state index contributed by atoms with van der Waals surface area (Å²) >= 11 is 0. The normalized spacial score (nSPS) is 14.7. The standard InChI is InChI=1S/C21H22N2O3S/c1-12-9-13(2)20(14(3)10-12)27(25,26)23-11-18(15(4)24)17-7-8-19(16-5-6-16)22-21(17)23/h7-11,16H,5-6H2,1-4H3. The second kappa shape index (κ2) is 6.02. The van der Waals surface area contributed by atoms with Crippen LogP contribution in [0.2, 0.25) is 0 Å². The van der Waals surface area contributed by atoms with Crippen LogP contribution < -0.4 is 0 Å². The van der Waals surface area contributed by atoms with Gasteiger partial charge in [-0.25, -0.2) is 17.4 Å². The summed E-state index contributed by atoms with van der Waals surface area (Å²) < 4.78 is 28.3. The monoisotopic (exact) mass is 382 g/mol. The Morgan fingerprint density at radius 2 is 1.74 bits per heavy atom. The lowest BCUT2D eigenvalue weighted by Gasteiger charge is -2.13. The first-order valence-corrected chi connectivity index (χ1v) is 10.5. The Balaban J connectivity index is 2.03. The summed E-state index contributed by atoms with van der Waals surface area (Å²) in [5, 5.41) is 0.581. The Labute approximate surface area is 159 Å². The molecule has 27 heavy (non-hydrogen) atoms. The molecule has 2 aromatic heterocycles. The molecule has 0 amide bonds. The third-order valence-electron chi connectivity index (χ3n) is 5.14. The molecule has 0 bridgehead atoms. The van der Waals surface area contributed by atoms with E-state index in [0.717, 1.165) is 24.1 Å². The Hall–Kier alpha value is -2.47. The van der Waals surface area contributed by atoms with Crippen LogP contribution in [0.3, 0.4) is 0 Å². The lowest BCUT2D eigenvalue weighted by atomic mass is 10.1. The molecule has 5 nitrogen and oxygen atoms in total. The number of hydrogen-bond acceptors (Lipinski definition) is 4. The minimum absolute atomic E-state index is 0.174. The molecule has 140 valence electrons. The number of fused-ring (bicyclic) bond motifs is 1. The highest BCUT2D eigenvalue weighted by atomic mass is 32.2. The van der Waals surface area contributed by atoms with E-state index in [1.54, 1.807) is 13.8 Å². The van der Waals surface area contributed by atoms with Crippen molar-refractivity contribution >= 4 is 26.8 Å². The van der Waals surface area contributed by atoms with Crippen molar-refractivity contribution in [2.24, 2.45) is 0 Å². The molecule has 1 aromatic carbocycles. The number of carbonyl (C=O) groups is 1. The molecule has 0 saturated heterocycles. The molecule has 0 atom stereocenters. The number of carbonyl (C=O) groups excluding carboxylic acids is 1. The van der Waals surface area contributed by atoms with E-state index in [1.165, 1.54) is 17.1 Å². The fourth-order valence-corrected chi connectivity index (χ4v) is 5.57. The van der Waals surface area contributed by atoms with E-state index in [9.17, 15) is 13.2 Å². The summed E-state index contributed by atoms with van der Waals surface area (Å²) in [6, 6.07) is 7.46. The molecule has 1 aliphatic rings. The van der Waals surface area contributed by atoms with Crippen LogP contribution >= 0.6 is 0 Å². The molecule has 1 saturated carbocycles. The maximum atomic E-state index is 13.5. The molecule has 0 aliphatic heterocycles. The molecule has 0 unspecified atom stereocenters. The predicted molar refractivity (Wildman–Crippen MR) is 105 cm³/mol. The first-order valence-electron chi connectivity index (χ1n) is 9.06. The second-order valence-corrected chi connectivity index (χ2v) is 9.26. The highest BCUT2D eigenvalue weighted by Gasteiger charge is 2.29. The van der Waals surface area contributed by atoms with Gasteiger partial charge in [-0.3, -0.25) is 4.79 Å². The van der Waals surface area contributed by atoms with E-state index in [-0.39, 0.29) is 10.7 Å². The quantitative estimate of drug-likeness (QED) is 0.632. The van der Waals surface area contributed by atoms with Gasteiger partial charge in [-0.05, 0) is 63.8 Å². The first kappa shape index (κ1) is 17.9. The number of aromatic nitrogens is 2. The molecule has 0 spiro atoms. The van der Waals surface area contributed by atoms with Crippen molar-refractivity contribution in [3.8, 4) is 0 Å². The highest BCUT2D eigenvalue weighted by Crippen LogP contribution is 2.40. The predicted octanol–water partition coefficient (Wildman–Crippen LogP) is 4.28. The summed E-state index contributed by atoms with van der Waals surface area (Å²) in [6.45, 7) is 6.99. The number of Topliss-reactive ketones (excluding diaryl/α,β-unsaturated/α-hetero) is 1. The number of benzene rings is 1. The minimum atomic E-state index is -3.88. The Morgan fingerprint density at radius 1 is 1.11 bits per heavy atom. The number of hydrogen-bond donors (Lipinski definition) is 0. The topological polar surface area (TPSA) is 69.0 Å². The zero-order valence-electron chi connectivity index (χ0n) is 15.9. The van der Waals surface area contributed by atoms with Crippen molar-refractivity contribution < 1.29 is 13.2 Å². The van der Waals surface area contributed by atoms with Gasteiger partial charge < -0.3 is 0 Å². The van der Waals surface area contributed by atoms with E-state index in [2.05, 4.69) is 4.98 Å². The summed E-state index contributed by atoms with van der Waals surface area (Å²) in [4.78, 5) is 17.0. The van der Waals surface area contributed by atoms with E-state index in [1.807, 2.05) is 31.2 Å². The summed E-state index contributed by atoms with van der Waals surface area (Å²) in [5.74, 6) is 0.219. The van der Waals surface area contributed by atoms with Crippen molar-refractivity contribution in [2.75, 3.05) is 0 Å². The zero-order chi connectivity index (χ0) is 19.5. The molecule has 1 fully saturated rings.